The first kappa shape index (κ1) is 22.8. The number of likely N-dealkylation sites (N-methyl/N-ethyl adjacent to an activating group) is 1. The van der Waals surface area contributed by atoms with E-state index >= 15 is 0 Å². The molecule has 1 aliphatic rings. The zero-order valence-corrected chi connectivity index (χ0v) is 19.3. The van der Waals surface area contributed by atoms with Crippen molar-refractivity contribution in [3.8, 4) is 0 Å². The Labute approximate surface area is 180 Å². The van der Waals surface area contributed by atoms with Crippen LogP contribution in [0.5, 0.6) is 0 Å². The molecule has 1 N–H and O–H groups in total. The average molecular weight is 435 g/mol. The molecule has 1 amide bonds. The maximum absolute atomic E-state index is 12.9. The molecule has 0 aliphatic heterocycles. The summed E-state index contributed by atoms with van der Waals surface area (Å²) in [7, 11) is 1.65. The first-order valence-electron chi connectivity index (χ1n) is 10.8. The standard InChI is InChI=1S/C22H34N4O3S/c1-5-26-20-12-11-19(30(28,29)24(2)3)15-17(20)16-21(26)22(27)23-13-14-25(4)18-9-7-6-8-10-18/h11-12,15-16,18H,5-10,13-14H2,1-4H3,(H,23,27). The van der Waals surface area contributed by atoms with Crippen molar-refractivity contribution in [1.29, 1.82) is 0 Å². The van der Waals surface area contributed by atoms with Gasteiger partial charge < -0.3 is 14.8 Å². The average Bonchev–Trinajstić information content (AvgIpc) is 3.12. The van der Waals surface area contributed by atoms with E-state index in [1.54, 1.807) is 24.3 Å². The van der Waals surface area contributed by atoms with Crippen LogP contribution < -0.4 is 5.32 Å². The summed E-state index contributed by atoms with van der Waals surface area (Å²) in [5.74, 6) is -0.123. The van der Waals surface area contributed by atoms with Crippen molar-refractivity contribution in [3.63, 3.8) is 0 Å². The molecule has 0 spiro atoms. The molecule has 30 heavy (non-hydrogen) atoms. The van der Waals surface area contributed by atoms with E-state index in [2.05, 4.69) is 17.3 Å². The topological polar surface area (TPSA) is 74.6 Å². The molecule has 0 unspecified atom stereocenters. The van der Waals surface area contributed by atoms with Gasteiger partial charge in [-0.3, -0.25) is 4.79 Å². The Kier molecular flexibility index (Phi) is 7.21. The van der Waals surface area contributed by atoms with Gasteiger partial charge in [0.1, 0.15) is 5.69 Å². The third-order valence-corrected chi connectivity index (χ3v) is 7.96. The van der Waals surface area contributed by atoms with Gasteiger partial charge in [0.2, 0.25) is 10.0 Å². The van der Waals surface area contributed by atoms with E-state index in [-0.39, 0.29) is 10.8 Å². The van der Waals surface area contributed by atoms with Gasteiger partial charge >= 0.3 is 0 Å². The van der Waals surface area contributed by atoms with E-state index in [1.165, 1.54) is 50.5 Å². The second-order valence-electron chi connectivity index (χ2n) is 8.31. The Morgan fingerprint density at radius 1 is 1.13 bits per heavy atom. The van der Waals surface area contributed by atoms with Gasteiger partial charge in [0.15, 0.2) is 0 Å². The van der Waals surface area contributed by atoms with Crippen LogP contribution in [0.4, 0.5) is 0 Å². The van der Waals surface area contributed by atoms with Crippen LogP contribution in [0, 0.1) is 0 Å². The molecular formula is C22H34N4O3S. The Hall–Kier alpha value is -1.90. The summed E-state index contributed by atoms with van der Waals surface area (Å²) in [6.07, 6.45) is 6.41. The van der Waals surface area contributed by atoms with Crippen LogP contribution in [-0.2, 0) is 16.6 Å². The highest BCUT2D eigenvalue weighted by atomic mass is 32.2. The molecule has 1 fully saturated rings. The number of aryl methyl sites for hydroxylation is 1. The smallest absolute Gasteiger partial charge is 0.267 e. The lowest BCUT2D eigenvalue weighted by Gasteiger charge is -2.31. The molecule has 2 aromatic rings. The van der Waals surface area contributed by atoms with Crippen molar-refractivity contribution < 1.29 is 13.2 Å². The molecule has 0 saturated heterocycles. The molecular weight excluding hydrogens is 400 g/mol. The van der Waals surface area contributed by atoms with E-state index < -0.39 is 10.0 Å². The molecule has 1 aliphatic carbocycles. The van der Waals surface area contributed by atoms with Crippen molar-refractivity contribution in [1.82, 2.24) is 19.1 Å². The molecule has 0 radical (unpaired) electrons. The Morgan fingerprint density at radius 3 is 2.47 bits per heavy atom. The van der Waals surface area contributed by atoms with Crippen molar-refractivity contribution in [2.75, 3.05) is 34.2 Å². The van der Waals surface area contributed by atoms with Gasteiger partial charge in [-0.2, -0.15) is 0 Å². The molecule has 1 aromatic carbocycles. The third-order valence-electron chi connectivity index (χ3n) is 6.15. The summed E-state index contributed by atoms with van der Waals surface area (Å²) in [4.78, 5) is 15.5. The Balaban J connectivity index is 1.73. The molecule has 8 heteroatoms. The van der Waals surface area contributed by atoms with Crippen molar-refractivity contribution in [2.45, 2.75) is 56.5 Å². The number of nitrogens with one attached hydrogen (secondary N) is 1. The number of nitrogens with zero attached hydrogens (tertiary/aromatic N) is 3. The van der Waals surface area contributed by atoms with E-state index in [0.29, 0.717) is 24.8 Å². The number of amides is 1. The maximum Gasteiger partial charge on any atom is 0.267 e. The molecule has 0 atom stereocenters. The van der Waals surface area contributed by atoms with Gasteiger partial charge in [0.25, 0.3) is 5.91 Å². The molecule has 166 valence electrons. The number of hydrogen-bond acceptors (Lipinski definition) is 4. The van der Waals surface area contributed by atoms with E-state index in [1.807, 2.05) is 11.5 Å². The van der Waals surface area contributed by atoms with E-state index in [4.69, 9.17) is 0 Å². The largest absolute Gasteiger partial charge is 0.349 e. The fraction of sp³-hybridized carbons (Fsp3) is 0.591. The second-order valence-corrected chi connectivity index (χ2v) is 10.5. The molecule has 0 bridgehead atoms. The quantitative estimate of drug-likeness (QED) is 0.693. The number of fused-ring (bicyclic) bond motifs is 1. The predicted octanol–water partition coefficient (Wildman–Crippen LogP) is 2.91. The van der Waals surface area contributed by atoms with Crippen LogP contribution in [0.25, 0.3) is 10.9 Å². The van der Waals surface area contributed by atoms with Gasteiger partial charge in [0.05, 0.1) is 4.90 Å². The minimum atomic E-state index is -3.52. The lowest BCUT2D eigenvalue weighted by Crippen LogP contribution is -2.39. The van der Waals surface area contributed by atoms with Crippen molar-refractivity contribution in [2.24, 2.45) is 0 Å². The van der Waals surface area contributed by atoms with Gasteiger partial charge in [-0.15, -0.1) is 0 Å². The molecule has 1 saturated carbocycles. The Morgan fingerprint density at radius 2 is 1.83 bits per heavy atom. The monoisotopic (exact) mass is 434 g/mol. The van der Waals surface area contributed by atoms with Crippen LogP contribution in [0.2, 0.25) is 0 Å². The van der Waals surface area contributed by atoms with Crippen LogP contribution in [0.1, 0.15) is 49.5 Å². The van der Waals surface area contributed by atoms with Crippen LogP contribution in [0.15, 0.2) is 29.2 Å². The summed E-state index contributed by atoms with van der Waals surface area (Å²) >= 11 is 0. The number of carbonyl (C=O) groups is 1. The van der Waals surface area contributed by atoms with E-state index in [9.17, 15) is 13.2 Å². The minimum absolute atomic E-state index is 0.123. The summed E-state index contributed by atoms with van der Waals surface area (Å²) in [5.41, 5.74) is 1.42. The fourth-order valence-corrected chi connectivity index (χ4v) is 5.23. The van der Waals surface area contributed by atoms with Gasteiger partial charge in [-0.25, -0.2) is 12.7 Å². The van der Waals surface area contributed by atoms with E-state index in [0.717, 1.165) is 17.4 Å². The van der Waals surface area contributed by atoms with Gasteiger partial charge in [-0.1, -0.05) is 19.3 Å². The third kappa shape index (κ3) is 4.71. The fourth-order valence-electron chi connectivity index (χ4n) is 4.29. The highest BCUT2D eigenvalue weighted by Crippen LogP contribution is 2.25. The Bertz CT molecular complexity index is 991. The number of aromatic nitrogens is 1. The maximum atomic E-state index is 12.9. The number of hydrogen-bond donors (Lipinski definition) is 1. The second kappa shape index (κ2) is 9.49. The highest BCUT2D eigenvalue weighted by molar-refractivity contribution is 7.89. The lowest BCUT2D eigenvalue weighted by molar-refractivity contribution is 0.0936. The number of benzene rings is 1. The van der Waals surface area contributed by atoms with Crippen LogP contribution >= 0.6 is 0 Å². The molecule has 1 heterocycles. The predicted molar refractivity (Wildman–Crippen MR) is 120 cm³/mol. The molecule has 7 nitrogen and oxygen atoms in total. The molecule has 1 aromatic heterocycles. The first-order valence-corrected chi connectivity index (χ1v) is 12.2. The summed E-state index contributed by atoms with van der Waals surface area (Å²) in [6.45, 7) is 4.04. The number of sulfonamides is 1. The molecule has 3 rings (SSSR count). The highest BCUT2D eigenvalue weighted by Gasteiger charge is 2.21. The van der Waals surface area contributed by atoms with Crippen LogP contribution in [-0.4, -0.2) is 68.4 Å². The first-order chi connectivity index (χ1) is 14.3. The lowest BCUT2D eigenvalue weighted by atomic mass is 9.94. The van der Waals surface area contributed by atoms with Crippen LogP contribution in [0.3, 0.4) is 0 Å². The number of rotatable bonds is 8. The summed E-state index contributed by atoms with van der Waals surface area (Å²) in [5, 5.41) is 3.79. The summed E-state index contributed by atoms with van der Waals surface area (Å²) in [6, 6.07) is 7.43. The van der Waals surface area contributed by atoms with Gasteiger partial charge in [-0.05, 0) is 51.1 Å². The zero-order valence-electron chi connectivity index (χ0n) is 18.5. The SMILES string of the molecule is CCn1c(C(=O)NCCN(C)C2CCCCC2)cc2cc(S(=O)(=O)N(C)C)ccc21. The zero-order chi connectivity index (χ0) is 21.9. The normalized spacial score (nSPS) is 15.9. The van der Waals surface area contributed by atoms with Crippen molar-refractivity contribution in [3.05, 3.63) is 30.0 Å². The summed E-state index contributed by atoms with van der Waals surface area (Å²) < 4.78 is 28.0. The number of carbonyl (C=O) groups excluding carboxylic acids is 1. The minimum Gasteiger partial charge on any atom is -0.349 e. The van der Waals surface area contributed by atoms with Gasteiger partial charge in [0, 0.05) is 50.7 Å². The van der Waals surface area contributed by atoms with Crippen molar-refractivity contribution >= 4 is 26.8 Å².